The molecule has 0 spiro atoms. The van der Waals surface area contributed by atoms with Crippen LogP contribution in [0.1, 0.15) is 35.9 Å². The van der Waals surface area contributed by atoms with Crippen LogP contribution in [-0.2, 0) is 10.9 Å². The molecule has 1 fully saturated rings. The van der Waals surface area contributed by atoms with Crippen molar-refractivity contribution in [3.05, 3.63) is 53.2 Å². The molecule has 1 saturated heterocycles. The number of nitrogens with zero attached hydrogens (tertiary/aromatic N) is 4. The first-order valence-electron chi connectivity index (χ1n) is 9.97. The van der Waals surface area contributed by atoms with Crippen molar-refractivity contribution in [2.24, 2.45) is 0 Å². The van der Waals surface area contributed by atoms with E-state index in [-0.39, 0.29) is 17.6 Å². The van der Waals surface area contributed by atoms with Crippen LogP contribution < -0.4 is 0 Å². The van der Waals surface area contributed by atoms with Gasteiger partial charge < -0.3 is 4.74 Å². The highest BCUT2D eigenvalue weighted by molar-refractivity contribution is 7.13. The number of halogens is 3. The van der Waals surface area contributed by atoms with Gasteiger partial charge >= 0.3 is 12.1 Å². The Hall–Kier alpha value is -2.72. The molecule has 31 heavy (non-hydrogen) atoms. The van der Waals surface area contributed by atoms with E-state index in [0.29, 0.717) is 17.2 Å². The van der Waals surface area contributed by atoms with Gasteiger partial charge in [-0.1, -0.05) is 19.1 Å². The summed E-state index contributed by atoms with van der Waals surface area (Å²) >= 11 is 1.35. The molecule has 1 unspecified atom stereocenters. The molecule has 4 rings (SSSR count). The zero-order chi connectivity index (χ0) is 22.0. The number of benzene rings is 1. The lowest BCUT2D eigenvalue weighted by atomic mass is 10.1. The van der Waals surface area contributed by atoms with E-state index in [9.17, 15) is 18.0 Å². The number of aromatic nitrogens is 3. The number of esters is 1. The van der Waals surface area contributed by atoms with E-state index < -0.39 is 17.7 Å². The van der Waals surface area contributed by atoms with E-state index in [1.165, 1.54) is 28.2 Å². The van der Waals surface area contributed by atoms with E-state index in [1.807, 2.05) is 5.38 Å². The molecule has 0 bridgehead atoms. The van der Waals surface area contributed by atoms with Crippen molar-refractivity contribution in [3.63, 3.8) is 0 Å². The van der Waals surface area contributed by atoms with Gasteiger partial charge in [0.2, 0.25) is 0 Å². The lowest BCUT2D eigenvalue weighted by Gasteiger charge is -2.31. The fourth-order valence-electron chi connectivity index (χ4n) is 3.56. The summed E-state index contributed by atoms with van der Waals surface area (Å²) in [5, 5.41) is 6.04. The molecule has 0 saturated carbocycles. The summed E-state index contributed by atoms with van der Waals surface area (Å²) in [7, 11) is 0. The average molecular weight is 450 g/mol. The highest BCUT2D eigenvalue weighted by Crippen LogP contribution is 2.32. The summed E-state index contributed by atoms with van der Waals surface area (Å²) in [5.74, 6) is -0.555. The number of ether oxygens (including phenoxy) is 1. The number of carbonyl (C=O) groups is 1. The summed E-state index contributed by atoms with van der Waals surface area (Å²) in [4.78, 5) is 19.9. The van der Waals surface area contributed by atoms with Crippen LogP contribution in [0.25, 0.3) is 16.4 Å². The Bertz CT molecular complexity index is 1050. The first kappa shape index (κ1) is 21.5. The molecule has 2 aromatic heterocycles. The maximum atomic E-state index is 13.2. The van der Waals surface area contributed by atoms with Gasteiger partial charge in [-0.3, -0.25) is 4.90 Å². The number of piperidine rings is 1. The predicted molar refractivity (Wildman–Crippen MR) is 110 cm³/mol. The Morgan fingerprint density at radius 3 is 2.84 bits per heavy atom. The van der Waals surface area contributed by atoms with Gasteiger partial charge in [0.05, 0.1) is 16.1 Å². The second kappa shape index (κ2) is 8.80. The van der Waals surface area contributed by atoms with E-state index in [1.54, 1.807) is 12.1 Å². The van der Waals surface area contributed by atoms with Crippen LogP contribution in [0, 0.1) is 0 Å². The van der Waals surface area contributed by atoms with Crippen LogP contribution in [0.15, 0.2) is 41.8 Å². The second-order valence-corrected chi connectivity index (χ2v) is 8.21. The summed E-state index contributed by atoms with van der Waals surface area (Å²) in [6.07, 6.45) is -3.06. The molecule has 1 aromatic carbocycles. The monoisotopic (exact) mass is 450 g/mol. The number of likely N-dealkylation sites (tertiary alicyclic amines) is 1. The fourth-order valence-corrected chi connectivity index (χ4v) is 4.26. The Morgan fingerprint density at radius 1 is 1.29 bits per heavy atom. The maximum absolute atomic E-state index is 13.2. The van der Waals surface area contributed by atoms with Crippen LogP contribution in [0.2, 0.25) is 0 Å². The lowest BCUT2D eigenvalue weighted by molar-refractivity contribution is -0.137. The van der Waals surface area contributed by atoms with Gasteiger partial charge in [0.1, 0.15) is 6.10 Å². The summed E-state index contributed by atoms with van der Waals surface area (Å²) in [6, 6.07) is 8.34. The molecule has 1 aliphatic rings. The van der Waals surface area contributed by atoms with Gasteiger partial charge in [0, 0.05) is 6.54 Å². The van der Waals surface area contributed by atoms with Crippen LogP contribution in [0.5, 0.6) is 0 Å². The van der Waals surface area contributed by atoms with Crippen LogP contribution in [0.4, 0.5) is 13.2 Å². The predicted octanol–water partition coefficient (Wildman–Crippen LogP) is 4.66. The van der Waals surface area contributed by atoms with Gasteiger partial charge in [0.25, 0.3) is 5.82 Å². The first-order chi connectivity index (χ1) is 14.8. The van der Waals surface area contributed by atoms with Gasteiger partial charge in [-0.25, -0.2) is 9.48 Å². The van der Waals surface area contributed by atoms with Crippen LogP contribution in [0.3, 0.4) is 0 Å². The molecule has 3 heterocycles. The zero-order valence-corrected chi connectivity index (χ0v) is 17.6. The number of carbonyl (C=O) groups excluding carboxylic acids is 1. The summed E-state index contributed by atoms with van der Waals surface area (Å²) < 4.78 is 46.4. The maximum Gasteiger partial charge on any atom is 0.416 e. The smallest absolute Gasteiger partial charge is 0.416 e. The summed E-state index contributed by atoms with van der Waals surface area (Å²) in [6.45, 7) is 4.54. The van der Waals surface area contributed by atoms with Crippen molar-refractivity contribution in [2.45, 2.75) is 32.0 Å². The van der Waals surface area contributed by atoms with E-state index in [0.717, 1.165) is 38.1 Å². The second-order valence-electron chi connectivity index (χ2n) is 7.26. The molecule has 1 aliphatic heterocycles. The Balaban J connectivity index is 1.66. The molecule has 0 amide bonds. The molecular weight excluding hydrogens is 429 g/mol. The standard InChI is InChI=1S/C21H21F3N4O2S/c1-2-27-10-4-8-16(13-27)30-20(29)18-25-19(17-9-5-11-31-17)28(26-18)15-7-3-6-14(12-15)21(22,23)24/h3,5-7,9,11-12,16H,2,4,8,10,13H2,1H3. The molecule has 6 nitrogen and oxygen atoms in total. The third-order valence-electron chi connectivity index (χ3n) is 5.13. The minimum Gasteiger partial charge on any atom is -0.455 e. The number of alkyl halides is 3. The molecule has 164 valence electrons. The Kier molecular flexibility index (Phi) is 6.10. The van der Waals surface area contributed by atoms with Crippen LogP contribution in [-0.4, -0.2) is 51.4 Å². The molecule has 1 atom stereocenters. The van der Waals surface area contributed by atoms with Crippen molar-refractivity contribution >= 4 is 17.3 Å². The van der Waals surface area contributed by atoms with Crippen molar-refractivity contribution in [1.29, 1.82) is 0 Å². The van der Waals surface area contributed by atoms with Crippen molar-refractivity contribution in [1.82, 2.24) is 19.7 Å². The van der Waals surface area contributed by atoms with Gasteiger partial charge in [-0.05, 0) is 55.6 Å². The average Bonchev–Trinajstić information content (AvgIpc) is 3.43. The highest BCUT2D eigenvalue weighted by atomic mass is 32.1. The van der Waals surface area contributed by atoms with Crippen LogP contribution >= 0.6 is 11.3 Å². The van der Waals surface area contributed by atoms with E-state index in [2.05, 4.69) is 21.9 Å². The molecular formula is C21H21F3N4O2S. The van der Waals surface area contributed by atoms with Crippen molar-refractivity contribution < 1.29 is 22.7 Å². The number of hydrogen-bond acceptors (Lipinski definition) is 6. The third-order valence-corrected chi connectivity index (χ3v) is 6.00. The molecule has 10 heteroatoms. The number of likely N-dealkylation sites (N-methyl/N-ethyl adjacent to an activating group) is 1. The quantitative estimate of drug-likeness (QED) is 0.530. The fraction of sp³-hybridized carbons (Fsp3) is 0.381. The van der Waals surface area contributed by atoms with E-state index >= 15 is 0 Å². The summed E-state index contributed by atoms with van der Waals surface area (Å²) in [5.41, 5.74) is -0.636. The SMILES string of the molecule is CCN1CCCC(OC(=O)c2nc(-c3cccs3)n(-c3cccc(C(F)(F)F)c3)n2)C1. The number of rotatable bonds is 5. The largest absolute Gasteiger partial charge is 0.455 e. The first-order valence-corrected chi connectivity index (χ1v) is 10.8. The third kappa shape index (κ3) is 4.80. The molecule has 3 aromatic rings. The Morgan fingerprint density at radius 2 is 2.13 bits per heavy atom. The normalized spacial score (nSPS) is 17.6. The minimum atomic E-state index is -4.49. The number of thiophene rings is 1. The molecule has 0 radical (unpaired) electrons. The Labute approximate surface area is 181 Å². The van der Waals surface area contributed by atoms with E-state index in [4.69, 9.17) is 4.74 Å². The van der Waals surface area contributed by atoms with Crippen molar-refractivity contribution in [3.8, 4) is 16.4 Å². The minimum absolute atomic E-state index is 0.166. The lowest BCUT2D eigenvalue weighted by Crippen LogP contribution is -2.40. The molecule has 0 aliphatic carbocycles. The highest BCUT2D eigenvalue weighted by Gasteiger charge is 2.31. The zero-order valence-electron chi connectivity index (χ0n) is 16.8. The topological polar surface area (TPSA) is 60.2 Å². The van der Waals surface area contributed by atoms with Gasteiger partial charge in [0.15, 0.2) is 5.82 Å². The van der Waals surface area contributed by atoms with Gasteiger partial charge in [-0.15, -0.1) is 16.4 Å². The molecule has 0 N–H and O–H groups in total. The number of hydrogen-bond donors (Lipinski definition) is 0. The van der Waals surface area contributed by atoms with Gasteiger partial charge in [-0.2, -0.15) is 18.2 Å². The van der Waals surface area contributed by atoms with Crippen molar-refractivity contribution in [2.75, 3.05) is 19.6 Å².